The van der Waals surface area contributed by atoms with E-state index < -0.39 is 0 Å². The summed E-state index contributed by atoms with van der Waals surface area (Å²) in [5.41, 5.74) is 3.32. The number of hydrogen-bond donors (Lipinski definition) is 1. The molecule has 1 saturated carbocycles. The van der Waals surface area contributed by atoms with Crippen molar-refractivity contribution in [1.82, 2.24) is 20.3 Å². The second-order valence-electron chi connectivity index (χ2n) is 5.10. The number of rotatable bonds is 5. The Morgan fingerprint density at radius 3 is 2.74 bits per heavy atom. The minimum absolute atomic E-state index is 0.707. The van der Waals surface area contributed by atoms with Crippen LogP contribution in [0.5, 0.6) is 0 Å². The Morgan fingerprint density at radius 1 is 1.21 bits per heavy atom. The molecule has 1 N–H and O–H groups in total. The van der Waals surface area contributed by atoms with Gasteiger partial charge in [-0.25, -0.2) is 9.97 Å². The SMILES string of the molecule is Cc1cc(CNC2CC2)nc(Cc2ccncc2)n1. The maximum absolute atomic E-state index is 4.63. The van der Waals surface area contributed by atoms with Gasteiger partial charge in [-0.3, -0.25) is 4.98 Å². The van der Waals surface area contributed by atoms with Crippen LogP contribution >= 0.6 is 0 Å². The Morgan fingerprint density at radius 2 is 2.00 bits per heavy atom. The highest BCUT2D eigenvalue weighted by Gasteiger charge is 2.20. The lowest BCUT2D eigenvalue weighted by molar-refractivity contribution is 0.667. The van der Waals surface area contributed by atoms with Gasteiger partial charge in [0, 0.05) is 37.1 Å². The molecule has 0 atom stereocenters. The van der Waals surface area contributed by atoms with Crippen LogP contribution in [0, 0.1) is 6.92 Å². The molecule has 2 heterocycles. The fourth-order valence-corrected chi connectivity index (χ4v) is 2.09. The van der Waals surface area contributed by atoms with E-state index in [1.807, 2.05) is 19.1 Å². The standard InChI is InChI=1S/C15H18N4/c1-11-8-14(10-17-13-2-3-13)19-15(18-11)9-12-4-6-16-7-5-12/h4-8,13,17H,2-3,9-10H2,1H3. The number of nitrogens with zero attached hydrogens (tertiary/aromatic N) is 3. The van der Waals surface area contributed by atoms with E-state index in [1.165, 1.54) is 18.4 Å². The third-order valence-corrected chi connectivity index (χ3v) is 3.21. The van der Waals surface area contributed by atoms with Crippen LogP contribution in [0.25, 0.3) is 0 Å². The normalized spacial score (nSPS) is 14.6. The highest BCUT2D eigenvalue weighted by Crippen LogP contribution is 2.19. The zero-order valence-corrected chi connectivity index (χ0v) is 11.1. The van der Waals surface area contributed by atoms with Crippen LogP contribution in [0.2, 0.25) is 0 Å². The molecule has 0 radical (unpaired) electrons. The van der Waals surface area contributed by atoms with Gasteiger partial charge in [-0.05, 0) is 43.5 Å². The molecule has 0 aliphatic heterocycles. The summed E-state index contributed by atoms with van der Waals surface area (Å²) in [5.74, 6) is 0.888. The van der Waals surface area contributed by atoms with Gasteiger partial charge < -0.3 is 5.32 Å². The first-order valence-electron chi connectivity index (χ1n) is 6.75. The van der Waals surface area contributed by atoms with Crippen molar-refractivity contribution in [2.24, 2.45) is 0 Å². The zero-order chi connectivity index (χ0) is 13.1. The molecule has 1 aliphatic carbocycles. The van der Waals surface area contributed by atoms with Crippen LogP contribution in [0.4, 0.5) is 0 Å². The molecule has 0 amide bonds. The maximum Gasteiger partial charge on any atom is 0.133 e. The summed E-state index contributed by atoms with van der Waals surface area (Å²) in [6.45, 7) is 2.87. The van der Waals surface area contributed by atoms with Crippen molar-refractivity contribution in [3.8, 4) is 0 Å². The van der Waals surface area contributed by atoms with Crippen LogP contribution in [0.3, 0.4) is 0 Å². The number of hydrogen-bond acceptors (Lipinski definition) is 4. The predicted octanol–water partition coefficient (Wildman–Crippen LogP) is 2.02. The van der Waals surface area contributed by atoms with Crippen molar-refractivity contribution in [2.45, 2.75) is 38.8 Å². The van der Waals surface area contributed by atoms with Crippen LogP contribution in [0.15, 0.2) is 30.6 Å². The van der Waals surface area contributed by atoms with Gasteiger partial charge in [0.1, 0.15) is 5.82 Å². The van der Waals surface area contributed by atoms with Gasteiger partial charge >= 0.3 is 0 Å². The van der Waals surface area contributed by atoms with E-state index in [-0.39, 0.29) is 0 Å². The molecular weight excluding hydrogens is 236 g/mol. The fraction of sp³-hybridized carbons (Fsp3) is 0.400. The number of aryl methyl sites for hydroxylation is 1. The molecule has 0 aromatic carbocycles. The van der Waals surface area contributed by atoms with Crippen molar-refractivity contribution in [1.29, 1.82) is 0 Å². The second-order valence-corrected chi connectivity index (χ2v) is 5.10. The minimum atomic E-state index is 0.707. The Hall–Kier alpha value is -1.81. The van der Waals surface area contributed by atoms with Crippen LogP contribution in [-0.4, -0.2) is 21.0 Å². The Balaban J connectivity index is 1.72. The second kappa shape index (κ2) is 5.45. The highest BCUT2D eigenvalue weighted by molar-refractivity contribution is 5.18. The van der Waals surface area contributed by atoms with Gasteiger partial charge in [0.25, 0.3) is 0 Å². The van der Waals surface area contributed by atoms with Gasteiger partial charge in [-0.1, -0.05) is 0 Å². The van der Waals surface area contributed by atoms with E-state index >= 15 is 0 Å². The fourth-order valence-electron chi connectivity index (χ4n) is 2.09. The summed E-state index contributed by atoms with van der Waals surface area (Å²) in [7, 11) is 0. The lowest BCUT2D eigenvalue weighted by atomic mass is 10.2. The van der Waals surface area contributed by atoms with Gasteiger partial charge in [-0.15, -0.1) is 0 Å². The van der Waals surface area contributed by atoms with Gasteiger partial charge in [0.05, 0.1) is 5.69 Å². The average Bonchev–Trinajstić information content (AvgIpc) is 3.21. The molecule has 98 valence electrons. The topological polar surface area (TPSA) is 50.7 Å². The smallest absolute Gasteiger partial charge is 0.133 e. The molecule has 1 fully saturated rings. The first kappa shape index (κ1) is 12.2. The number of nitrogens with one attached hydrogen (secondary N) is 1. The molecule has 0 saturated heterocycles. The van der Waals surface area contributed by atoms with Crippen LogP contribution in [-0.2, 0) is 13.0 Å². The Kier molecular flexibility index (Phi) is 3.51. The molecular formula is C15H18N4. The molecule has 0 unspecified atom stereocenters. The molecule has 4 heteroatoms. The monoisotopic (exact) mass is 254 g/mol. The van der Waals surface area contributed by atoms with E-state index in [0.29, 0.717) is 6.04 Å². The Bertz CT molecular complexity index is 549. The van der Waals surface area contributed by atoms with Crippen molar-refractivity contribution in [2.75, 3.05) is 0 Å². The molecule has 2 aromatic rings. The zero-order valence-electron chi connectivity index (χ0n) is 11.1. The quantitative estimate of drug-likeness (QED) is 0.887. The lowest BCUT2D eigenvalue weighted by Crippen LogP contribution is -2.17. The molecule has 3 rings (SSSR count). The van der Waals surface area contributed by atoms with Gasteiger partial charge in [0.15, 0.2) is 0 Å². The first-order valence-corrected chi connectivity index (χ1v) is 6.75. The van der Waals surface area contributed by atoms with Gasteiger partial charge in [0.2, 0.25) is 0 Å². The van der Waals surface area contributed by atoms with E-state index in [2.05, 4.69) is 26.3 Å². The molecule has 0 spiro atoms. The van der Waals surface area contributed by atoms with Crippen molar-refractivity contribution >= 4 is 0 Å². The maximum atomic E-state index is 4.63. The van der Waals surface area contributed by atoms with E-state index in [4.69, 9.17) is 0 Å². The number of pyridine rings is 1. The summed E-state index contributed by atoms with van der Waals surface area (Å²) < 4.78 is 0. The van der Waals surface area contributed by atoms with E-state index in [0.717, 1.165) is 30.2 Å². The van der Waals surface area contributed by atoms with Crippen molar-refractivity contribution < 1.29 is 0 Å². The molecule has 4 nitrogen and oxygen atoms in total. The van der Waals surface area contributed by atoms with E-state index in [9.17, 15) is 0 Å². The summed E-state index contributed by atoms with van der Waals surface area (Å²) in [6, 6.07) is 6.78. The number of aromatic nitrogens is 3. The largest absolute Gasteiger partial charge is 0.308 e. The summed E-state index contributed by atoms with van der Waals surface area (Å²) in [5, 5.41) is 3.49. The lowest BCUT2D eigenvalue weighted by Gasteiger charge is -2.07. The minimum Gasteiger partial charge on any atom is -0.308 e. The summed E-state index contributed by atoms with van der Waals surface area (Å²) in [6.07, 6.45) is 6.98. The van der Waals surface area contributed by atoms with Crippen molar-refractivity contribution in [3.05, 3.63) is 53.4 Å². The third-order valence-electron chi connectivity index (χ3n) is 3.21. The average molecular weight is 254 g/mol. The third kappa shape index (κ3) is 3.58. The first-order chi connectivity index (χ1) is 9.29. The molecule has 2 aromatic heterocycles. The predicted molar refractivity (Wildman–Crippen MR) is 73.7 cm³/mol. The molecule has 0 bridgehead atoms. The summed E-state index contributed by atoms with van der Waals surface area (Å²) >= 11 is 0. The Labute approximate surface area is 113 Å². The molecule has 19 heavy (non-hydrogen) atoms. The van der Waals surface area contributed by atoms with Gasteiger partial charge in [-0.2, -0.15) is 0 Å². The summed E-state index contributed by atoms with van der Waals surface area (Å²) in [4.78, 5) is 13.2. The molecule has 1 aliphatic rings. The highest BCUT2D eigenvalue weighted by atomic mass is 15.0. The van der Waals surface area contributed by atoms with Crippen LogP contribution < -0.4 is 5.32 Å². The van der Waals surface area contributed by atoms with Crippen molar-refractivity contribution in [3.63, 3.8) is 0 Å². The van der Waals surface area contributed by atoms with Crippen LogP contribution in [0.1, 0.15) is 35.6 Å². The van der Waals surface area contributed by atoms with E-state index in [1.54, 1.807) is 12.4 Å².